The third kappa shape index (κ3) is 5.05. The highest BCUT2D eigenvalue weighted by atomic mass is 79.9. The van der Waals surface area contributed by atoms with Gasteiger partial charge in [-0.3, -0.25) is 19.1 Å². The second-order valence-electron chi connectivity index (χ2n) is 7.93. The molecule has 0 radical (unpaired) electrons. The summed E-state index contributed by atoms with van der Waals surface area (Å²) in [7, 11) is 0. The molecule has 0 aliphatic carbocycles. The topological polar surface area (TPSA) is 61.7 Å². The van der Waals surface area contributed by atoms with Crippen LogP contribution in [0.15, 0.2) is 33.8 Å². The number of rotatable bonds is 6. The maximum atomic E-state index is 12.7. The van der Waals surface area contributed by atoms with Gasteiger partial charge in [0.05, 0.1) is 17.2 Å². The average Bonchev–Trinajstić information content (AvgIpc) is 3.26. The number of halogens is 1. The summed E-state index contributed by atoms with van der Waals surface area (Å²) in [4.78, 5) is 36.6. The van der Waals surface area contributed by atoms with E-state index in [0.717, 1.165) is 43.7 Å². The van der Waals surface area contributed by atoms with Crippen molar-refractivity contribution in [2.24, 2.45) is 0 Å². The summed E-state index contributed by atoms with van der Waals surface area (Å²) in [5, 5.41) is 0.570. The molecule has 0 spiro atoms. The molecule has 2 aliphatic heterocycles. The van der Waals surface area contributed by atoms with Gasteiger partial charge in [-0.15, -0.1) is 0 Å². The minimum absolute atomic E-state index is 0.101. The summed E-state index contributed by atoms with van der Waals surface area (Å²) in [6, 6.07) is 5.47. The Balaban J connectivity index is 1.26. The van der Waals surface area contributed by atoms with Gasteiger partial charge in [0.1, 0.15) is 0 Å². The van der Waals surface area contributed by atoms with E-state index in [4.69, 9.17) is 0 Å². The summed E-state index contributed by atoms with van der Waals surface area (Å²) >= 11 is 3.40. The van der Waals surface area contributed by atoms with Gasteiger partial charge in [-0.05, 0) is 44.1 Å². The smallest absolute Gasteiger partial charge is 0.261 e. The maximum absolute atomic E-state index is 12.7. The lowest BCUT2D eigenvalue weighted by atomic mass is 10.2. The van der Waals surface area contributed by atoms with Gasteiger partial charge in [0.2, 0.25) is 5.91 Å². The van der Waals surface area contributed by atoms with E-state index in [2.05, 4.69) is 30.7 Å². The second kappa shape index (κ2) is 9.36. The van der Waals surface area contributed by atoms with Gasteiger partial charge >= 0.3 is 0 Å². The molecule has 0 saturated carbocycles. The number of nitrogens with zero attached hydrogens (tertiary/aromatic N) is 5. The number of piperazine rings is 1. The van der Waals surface area contributed by atoms with Crippen LogP contribution in [0, 0.1) is 0 Å². The van der Waals surface area contributed by atoms with E-state index in [-0.39, 0.29) is 11.5 Å². The summed E-state index contributed by atoms with van der Waals surface area (Å²) in [6.45, 7) is 8.49. The van der Waals surface area contributed by atoms with E-state index in [1.54, 1.807) is 17.0 Å². The van der Waals surface area contributed by atoms with Crippen molar-refractivity contribution in [1.29, 1.82) is 0 Å². The van der Waals surface area contributed by atoms with Crippen LogP contribution < -0.4 is 5.56 Å². The lowest BCUT2D eigenvalue weighted by molar-refractivity contribution is -0.133. The Bertz CT molecular complexity index is 917. The van der Waals surface area contributed by atoms with E-state index in [1.807, 2.05) is 17.0 Å². The highest BCUT2D eigenvalue weighted by Gasteiger charge is 2.22. The van der Waals surface area contributed by atoms with Crippen LogP contribution in [0.1, 0.15) is 19.3 Å². The highest BCUT2D eigenvalue weighted by Crippen LogP contribution is 2.15. The number of carbonyl (C=O) groups excluding carboxylic acids is 1. The summed E-state index contributed by atoms with van der Waals surface area (Å²) in [5.41, 5.74) is 0.571. The number of aryl methyl sites for hydroxylation is 1. The number of carbonyl (C=O) groups is 1. The predicted molar refractivity (Wildman–Crippen MR) is 117 cm³/mol. The molecule has 1 aromatic heterocycles. The Hall–Kier alpha value is -1.77. The van der Waals surface area contributed by atoms with Crippen LogP contribution in [0.4, 0.5) is 0 Å². The van der Waals surface area contributed by atoms with Crippen LogP contribution in [-0.2, 0) is 11.3 Å². The van der Waals surface area contributed by atoms with Crippen LogP contribution >= 0.6 is 15.9 Å². The molecule has 3 heterocycles. The first-order valence-electron chi connectivity index (χ1n) is 10.5. The third-order valence-electron chi connectivity index (χ3n) is 6.01. The first kappa shape index (κ1) is 20.5. The SMILES string of the molecule is O=C(CCn1cnc2ccc(Br)cc2c1=O)N1CCN(CCN2CCCC2)CC1. The van der Waals surface area contributed by atoms with E-state index in [0.29, 0.717) is 23.9 Å². The fourth-order valence-electron chi connectivity index (χ4n) is 4.17. The Kier molecular flexibility index (Phi) is 6.62. The number of hydrogen-bond donors (Lipinski definition) is 0. The monoisotopic (exact) mass is 461 g/mol. The zero-order valence-electron chi connectivity index (χ0n) is 16.7. The van der Waals surface area contributed by atoms with Crippen molar-refractivity contribution in [1.82, 2.24) is 24.3 Å². The molecule has 2 fully saturated rings. The average molecular weight is 462 g/mol. The first-order valence-corrected chi connectivity index (χ1v) is 11.3. The first-order chi connectivity index (χ1) is 14.1. The lowest BCUT2D eigenvalue weighted by Gasteiger charge is -2.35. The van der Waals surface area contributed by atoms with Crippen molar-refractivity contribution in [3.05, 3.63) is 39.4 Å². The van der Waals surface area contributed by atoms with Gasteiger partial charge in [0.15, 0.2) is 0 Å². The van der Waals surface area contributed by atoms with Gasteiger partial charge in [0, 0.05) is 56.7 Å². The molecule has 156 valence electrons. The molecule has 2 aliphatic rings. The van der Waals surface area contributed by atoms with Crippen molar-refractivity contribution in [3.8, 4) is 0 Å². The summed E-state index contributed by atoms with van der Waals surface area (Å²) in [5.74, 6) is 0.116. The minimum Gasteiger partial charge on any atom is -0.340 e. The van der Waals surface area contributed by atoms with Gasteiger partial charge in [-0.25, -0.2) is 4.98 Å². The van der Waals surface area contributed by atoms with Crippen molar-refractivity contribution < 1.29 is 4.79 Å². The fourth-order valence-corrected chi connectivity index (χ4v) is 4.54. The molecule has 0 unspecified atom stereocenters. The van der Waals surface area contributed by atoms with Crippen LogP contribution in [0.3, 0.4) is 0 Å². The van der Waals surface area contributed by atoms with E-state index in [1.165, 1.54) is 25.9 Å². The molecule has 1 amide bonds. The molecule has 4 rings (SSSR count). The quantitative estimate of drug-likeness (QED) is 0.655. The molecule has 2 saturated heterocycles. The van der Waals surface area contributed by atoms with E-state index < -0.39 is 0 Å². The van der Waals surface area contributed by atoms with E-state index in [9.17, 15) is 9.59 Å². The Morgan fingerprint density at radius 3 is 2.38 bits per heavy atom. The summed E-state index contributed by atoms with van der Waals surface area (Å²) in [6.07, 6.45) is 4.53. The van der Waals surface area contributed by atoms with Gasteiger partial charge < -0.3 is 9.80 Å². The normalized spacial score (nSPS) is 18.6. The Morgan fingerprint density at radius 1 is 0.966 bits per heavy atom. The van der Waals surface area contributed by atoms with Crippen LogP contribution in [0.2, 0.25) is 0 Å². The van der Waals surface area contributed by atoms with Gasteiger partial charge in [-0.2, -0.15) is 0 Å². The second-order valence-corrected chi connectivity index (χ2v) is 8.84. The van der Waals surface area contributed by atoms with Crippen LogP contribution in [0.25, 0.3) is 10.9 Å². The zero-order chi connectivity index (χ0) is 20.2. The third-order valence-corrected chi connectivity index (χ3v) is 6.50. The molecular weight excluding hydrogens is 434 g/mol. The molecule has 0 N–H and O–H groups in total. The molecule has 29 heavy (non-hydrogen) atoms. The standard InChI is InChI=1S/C21H28BrN5O2/c22-17-3-4-19-18(15-17)21(29)27(16-23-19)8-5-20(28)26-13-11-25(12-14-26)10-9-24-6-1-2-7-24/h3-4,15-16H,1-2,5-14H2. The Morgan fingerprint density at radius 2 is 1.66 bits per heavy atom. The number of amides is 1. The largest absolute Gasteiger partial charge is 0.340 e. The molecule has 0 bridgehead atoms. The number of hydrogen-bond acceptors (Lipinski definition) is 5. The van der Waals surface area contributed by atoms with Crippen molar-refractivity contribution in [2.45, 2.75) is 25.8 Å². The van der Waals surface area contributed by atoms with Crippen molar-refractivity contribution in [2.75, 3.05) is 52.4 Å². The summed E-state index contributed by atoms with van der Waals surface area (Å²) < 4.78 is 2.39. The van der Waals surface area contributed by atoms with Crippen LogP contribution in [-0.4, -0.2) is 82.5 Å². The zero-order valence-corrected chi connectivity index (χ0v) is 18.3. The molecule has 7 nitrogen and oxygen atoms in total. The van der Waals surface area contributed by atoms with Crippen LogP contribution in [0.5, 0.6) is 0 Å². The predicted octanol–water partition coefficient (Wildman–Crippen LogP) is 1.79. The highest BCUT2D eigenvalue weighted by molar-refractivity contribution is 9.10. The molecular formula is C21H28BrN5O2. The minimum atomic E-state index is -0.101. The molecule has 2 aromatic rings. The number of aromatic nitrogens is 2. The molecule has 8 heteroatoms. The van der Waals surface area contributed by atoms with Gasteiger partial charge in [0.25, 0.3) is 5.56 Å². The van der Waals surface area contributed by atoms with Crippen molar-refractivity contribution in [3.63, 3.8) is 0 Å². The Labute approximate surface area is 179 Å². The number of benzene rings is 1. The van der Waals surface area contributed by atoms with Gasteiger partial charge in [-0.1, -0.05) is 15.9 Å². The fraction of sp³-hybridized carbons (Fsp3) is 0.571. The maximum Gasteiger partial charge on any atom is 0.261 e. The van der Waals surface area contributed by atoms with E-state index >= 15 is 0 Å². The number of likely N-dealkylation sites (tertiary alicyclic amines) is 1. The van der Waals surface area contributed by atoms with Crippen molar-refractivity contribution >= 4 is 32.7 Å². The number of fused-ring (bicyclic) bond motifs is 1. The molecule has 1 aromatic carbocycles. The molecule has 0 atom stereocenters. The lowest BCUT2D eigenvalue weighted by Crippen LogP contribution is -2.50.